The van der Waals surface area contributed by atoms with Gasteiger partial charge < -0.3 is 0 Å². The first kappa shape index (κ1) is 12.9. The molecule has 0 aromatic carbocycles. The van der Waals surface area contributed by atoms with Crippen molar-refractivity contribution in [1.29, 1.82) is 0 Å². The van der Waals surface area contributed by atoms with Crippen molar-refractivity contribution < 1.29 is 4.79 Å². The summed E-state index contributed by atoms with van der Waals surface area (Å²) in [4.78, 5) is 12.5. The van der Waals surface area contributed by atoms with Gasteiger partial charge in [-0.25, -0.2) is 0 Å². The lowest BCUT2D eigenvalue weighted by Crippen LogP contribution is -2.10. The fourth-order valence-corrected chi connectivity index (χ4v) is 2.37. The van der Waals surface area contributed by atoms with Crippen LogP contribution in [0, 0.1) is 6.92 Å². The van der Waals surface area contributed by atoms with E-state index in [0.717, 1.165) is 48.2 Å². The minimum absolute atomic E-state index is 0.159. The summed E-state index contributed by atoms with van der Waals surface area (Å²) in [5.74, 6) is 0.159. The maximum absolute atomic E-state index is 12.5. The molecule has 2 rings (SSSR count). The lowest BCUT2D eigenvalue weighted by atomic mass is 9.97. The van der Waals surface area contributed by atoms with Crippen LogP contribution in [0.1, 0.15) is 60.8 Å². The van der Waals surface area contributed by atoms with Crippen LogP contribution >= 0.6 is 0 Å². The smallest absolute Gasteiger partial charge is 0.190 e. The van der Waals surface area contributed by atoms with Gasteiger partial charge in [0.25, 0.3) is 0 Å². The summed E-state index contributed by atoms with van der Waals surface area (Å²) >= 11 is 0. The normalized spacial score (nSPS) is 16.0. The number of Topliss-reactive ketones (excluding diaryl/α,β-unsaturated/α-hetero) is 1. The molecule has 0 saturated carbocycles. The summed E-state index contributed by atoms with van der Waals surface area (Å²) in [6, 6.07) is 1.87. The van der Waals surface area contributed by atoms with E-state index in [-0.39, 0.29) is 5.78 Å². The van der Waals surface area contributed by atoms with Crippen LogP contribution in [0.2, 0.25) is 0 Å². The fraction of sp³-hybridized carbons (Fsp3) is 0.533. The summed E-state index contributed by atoms with van der Waals surface area (Å²) in [6.07, 6.45) is 8.35. The van der Waals surface area contributed by atoms with Crippen molar-refractivity contribution in [2.24, 2.45) is 0 Å². The third-order valence-corrected chi connectivity index (χ3v) is 3.40. The molecule has 0 radical (unpaired) electrons. The monoisotopic (exact) mass is 244 g/mol. The summed E-state index contributed by atoms with van der Waals surface area (Å²) in [6.45, 7) is 3.89. The topological polar surface area (TPSA) is 42.9 Å². The van der Waals surface area contributed by atoms with Gasteiger partial charge in [-0.1, -0.05) is 19.4 Å². The van der Waals surface area contributed by atoms with Gasteiger partial charge in [0.2, 0.25) is 0 Å². The average Bonchev–Trinajstić information content (AvgIpc) is 2.66. The minimum atomic E-state index is 0.159. The molecular formula is C15H20N2O. The Kier molecular flexibility index (Phi) is 4.24. The molecule has 0 amide bonds. The molecule has 0 bridgehead atoms. The Labute approximate surface area is 108 Å². The second-order valence-electron chi connectivity index (χ2n) is 4.86. The second-order valence-corrected chi connectivity index (χ2v) is 4.86. The first-order valence-corrected chi connectivity index (χ1v) is 6.79. The van der Waals surface area contributed by atoms with Gasteiger partial charge in [0.15, 0.2) is 5.78 Å². The Morgan fingerprint density at radius 2 is 2.11 bits per heavy atom. The Hall–Kier alpha value is -1.51. The zero-order valence-corrected chi connectivity index (χ0v) is 11.2. The standard InChI is InChI=1S/C15H20N2O/c1-3-14-13(10-11(2)16-17-14)15(18)12-8-6-4-5-7-9-12/h8,10H,3-7,9H2,1-2H3. The Morgan fingerprint density at radius 3 is 2.89 bits per heavy atom. The van der Waals surface area contributed by atoms with Crippen molar-refractivity contribution in [2.45, 2.75) is 52.4 Å². The Morgan fingerprint density at radius 1 is 1.28 bits per heavy atom. The molecule has 1 aromatic rings. The van der Waals surface area contributed by atoms with E-state index in [4.69, 9.17) is 0 Å². The van der Waals surface area contributed by atoms with E-state index in [0.29, 0.717) is 0 Å². The molecule has 0 saturated heterocycles. The van der Waals surface area contributed by atoms with Crippen LogP contribution < -0.4 is 0 Å². The quantitative estimate of drug-likeness (QED) is 0.765. The molecule has 0 atom stereocenters. The number of aromatic nitrogens is 2. The third kappa shape index (κ3) is 2.84. The van der Waals surface area contributed by atoms with Gasteiger partial charge in [-0.3, -0.25) is 4.79 Å². The van der Waals surface area contributed by atoms with E-state index in [9.17, 15) is 4.79 Å². The van der Waals surface area contributed by atoms with E-state index in [2.05, 4.69) is 16.3 Å². The molecule has 0 spiro atoms. The highest BCUT2D eigenvalue weighted by Gasteiger charge is 2.17. The molecule has 1 aromatic heterocycles. The molecule has 18 heavy (non-hydrogen) atoms. The van der Waals surface area contributed by atoms with Crippen molar-refractivity contribution in [1.82, 2.24) is 10.2 Å². The molecular weight excluding hydrogens is 224 g/mol. The SMILES string of the molecule is CCc1nnc(C)cc1C(=O)C1=CCCCCC1. The predicted octanol–water partition coefficient (Wildman–Crippen LogP) is 3.42. The van der Waals surface area contributed by atoms with E-state index < -0.39 is 0 Å². The minimum Gasteiger partial charge on any atom is -0.289 e. The van der Waals surface area contributed by atoms with Gasteiger partial charge in [-0.2, -0.15) is 10.2 Å². The predicted molar refractivity (Wildman–Crippen MR) is 71.6 cm³/mol. The molecule has 0 unspecified atom stereocenters. The number of hydrogen-bond donors (Lipinski definition) is 0. The van der Waals surface area contributed by atoms with Crippen LogP contribution in [-0.2, 0) is 6.42 Å². The molecule has 3 heteroatoms. The molecule has 1 heterocycles. The number of nitrogens with zero attached hydrogens (tertiary/aromatic N) is 2. The van der Waals surface area contributed by atoms with E-state index in [1.54, 1.807) is 0 Å². The van der Waals surface area contributed by atoms with Gasteiger partial charge in [-0.15, -0.1) is 0 Å². The van der Waals surface area contributed by atoms with E-state index in [1.165, 1.54) is 12.8 Å². The molecule has 96 valence electrons. The van der Waals surface area contributed by atoms with Gasteiger partial charge in [0.1, 0.15) is 0 Å². The van der Waals surface area contributed by atoms with Crippen LogP contribution in [0.4, 0.5) is 0 Å². The van der Waals surface area contributed by atoms with Crippen molar-refractivity contribution in [3.63, 3.8) is 0 Å². The van der Waals surface area contributed by atoms with Crippen LogP contribution in [0.15, 0.2) is 17.7 Å². The van der Waals surface area contributed by atoms with Crippen molar-refractivity contribution in [3.05, 3.63) is 34.7 Å². The number of ketones is 1. The number of carbonyl (C=O) groups is 1. The van der Waals surface area contributed by atoms with Crippen molar-refractivity contribution in [3.8, 4) is 0 Å². The number of hydrogen-bond acceptors (Lipinski definition) is 3. The maximum Gasteiger partial charge on any atom is 0.190 e. The molecule has 0 aliphatic heterocycles. The number of rotatable bonds is 3. The van der Waals surface area contributed by atoms with Crippen LogP contribution in [0.25, 0.3) is 0 Å². The Balaban J connectivity index is 2.32. The molecule has 0 fully saturated rings. The van der Waals surface area contributed by atoms with Gasteiger partial charge in [0, 0.05) is 5.56 Å². The fourth-order valence-electron chi connectivity index (χ4n) is 2.37. The summed E-state index contributed by atoms with van der Waals surface area (Å²) < 4.78 is 0. The van der Waals surface area contributed by atoms with E-state index in [1.807, 2.05) is 19.9 Å². The zero-order chi connectivity index (χ0) is 13.0. The molecule has 1 aliphatic carbocycles. The lowest BCUT2D eigenvalue weighted by molar-refractivity contribution is 0.102. The number of allylic oxidation sites excluding steroid dienone is 2. The van der Waals surface area contributed by atoms with Gasteiger partial charge in [0.05, 0.1) is 11.4 Å². The molecule has 1 aliphatic rings. The van der Waals surface area contributed by atoms with Gasteiger partial charge in [-0.05, 0) is 50.7 Å². The second kappa shape index (κ2) is 5.89. The zero-order valence-electron chi connectivity index (χ0n) is 11.2. The number of aryl methyl sites for hydroxylation is 2. The first-order chi connectivity index (χ1) is 8.72. The third-order valence-electron chi connectivity index (χ3n) is 3.40. The largest absolute Gasteiger partial charge is 0.289 e. The lowest BCUT2D eigenvalue weighted by Gasteiger charge is -2.08. The van der Waals surface area contributed by atoms with Crippen molar-refractivity contribution in [2.75, 3.05) is 0 Å². The maximum atomic E-state index is 12.5. The highest BCUT2D eigenvalue weighted by molar-refractivity contribution is 6.09. The summed E-state index contributed by atoms with van der Waals surface area (Å²) in [5.41, 5.74) is 3.34. The van der Waals surface area contributed by atoms with Crippen LogP contribution in [0.5, 0.6) is 0 Å². The Bertz CT molecular complexity index is 477. The highest BCUT2D eigenvalue weighted by Crippen LogP contribution is 2.22. The molecule has 0 N–H and O–H groups in total. The first-order valence-electron chi connectivity index (χ1n) is 6.79. The van der Waals surface area contributed by atoms with Crippen molar-refractivity contribution >= 4 is 5.78 Å². The van der Waals surface area contributed by atoms with E-state index >= 15 is 0 Å². The van der Waals surface area contributed by atoms with Gasteiger partial charge >= 0.3 is 0 Å². The summed E-state index contributed by atoms with van der Waals surface area (Å²) in [5, 5.41) is 8.17. The average molecular weight is 244 g/mol. The molecule has 3 nitrogen and oxygen atoms in total. The number of carbonyl (C=O) groups excluding carboxylic acids is 1. The highest BCUT2D eigenvalue weighted by atomic mass is 16.1. The van der Waals surface area contributed by atoms with Crippen LogP contribution in [0.3, 0.4) is 0 Å². The van der Waals surface area contributed by atoms with Crippen LogP contribution in [-0.4, -0.2) is 16.0 Å². The summed E-state index contributed by atoms with van der Waals surface area (Å²) in [7, 11) is 0.